The van der Waals surface area contributed by atoms with Crippen LogP contribution in [0.15, 0.2) is 12.4 Å². The Morgan fingerprint density at radius 1 is 1.30 bits per heavy atom. The van der Waals surface area contributed by atoms with E-state index in [9.17, 15) is 10.1 Å². The van der Waals surface area contributed by atoms with Crippen molar-refractivity contribution in [1.29, 1.82) is 0 Å². The SMILES string of the molecule is CCc1nn(Cc2cnc(N)cn2)c(CC)c1[N+](=O)[O-]. The number of aromatic nitrogens is 4. The minimum atomic E-state index is -0.365. The Morgan fingerprint density at radius 2 is 2.05 bits per heavy atom. The van der Waals surface area contributed by atoms with Crippen molar-refractivity contribution in [1.82, 2.24) is 19.7 Å². The van der Waals surface area contributed by atoms with Gasteiger partial charge in [-0.25, -0.2) is 4.98 Å². The maximum atomic E-state index is 11.2. The summed E-state index contributed by atoms with van der Waals surface area (Å²) in [6, 6.07) is 0. The Kier molecular flexibility index (Phi) is 3.92. The summed E-state index contributed by atoms with van der Waals surface area (Å²) in [7, 11) is 0. The molecule has 2 aromatic rings. The molecular weight excluding hydrogens is 260 g/mol. The lowest BCUT2D eigenvalue weighted by molar-refractivity contribution is -0.386. The van der Waals surface area contributed by atoms with E-state index in [4.69, 9.17) is 5.73 Å². The van der Waals surface area contributed by atoms with E-state index in [1.54, 1.807) is 10.9 Å². The lowest BCUT2D eigenvalue weighted by Crippen LogP contribution is -2.08. The van der Waals surface area contributed by atoms with E-state index in [2.05, 4.69) is 15.1 Å². The Balaban J connectivity index is 2.41. The largest absolute Gasteiger partial charge is 0.382 e. The molecule has 0 aliphatic carbocycles. The van der Waals surface area contributed by atoms with Crippen LogP contribution in [0.2, 0.25) is 0 Å². The van der Waals surface area contributed by atoms with Crippen LogP contribution in [-0.4, -0.2) is 24.7 Å². The Bertz CT molecular complexity index is 620. The summed E-state index contributed by atoms with van der Waals surface area (Å²) < 4.78 is 1.62. The molecule has 2 N–H and O–H groups in total. The van der Waals surface area contributed by atoms with Gasteiger partial charge in [0.05, 0.1) is 29.6 Å². The number of nitrogen functional groups attached to an aromatic ring is 1. The maximum Gasteiger partial charge on any atom is 0.313 e. The number of nitrogens with two attached hydrogens (primary N) is 1. The molecule has 8 nitrogen and oxygen atoms in total. The van der Waals surface area contributed by atoms with Crippen molar-refractivity contribution in [2.24, 2.45) is 0 Å². The second-order valence-electron chi connectivity index (χ2n) is 4.30. The third-order valence-corrected chi connectivity index (χ3v) is 2.99. The van der Waals surface area contributed by atoms with Crippen LogP contribution in [-0.2, 0) is 19.4 Å². The number of rotatable bonds is 5. The van der Waals surface area contributed by atoms with E-state index in [0.29, 0.717) is 42.3 Å². The monoisotopic (exact) mass is 276 g/mol. The van der Waals surface area contributed by atoms with Crippen LogP contribution in [0.3, 0.4) is 0 Å². The third-order valence-electron chi connectivity index (χ3n) is 2.99. The van der Waals surface area contributed by atoms with Gasteiger partial charge in [-0.3, -0.25) is 19.8 Å². The highest BCUT2D eigenvalue weighted by Crippen LogP contribution is 2.25. The highest BCUT2D eigenvalue weighted by atomic mass is 16.6. The molecule has 106 valence electrons. The van der Waals surface area contributed by atoms with Gasteiger partial charge in [-0.2, -0.15) is 5.10 Å². The third kappa shape index (κ3) is 2.58. The lowest BCUT2D eigenvalue weighted by atomic mass is 10.2. The highest BCUT2D eigenvalue weighted by Gasteiger charge is 2.25. The van der Waals surface area contributed by atoms with Gasteiger partial charge in [-0.15, -0.1) is 0 Å². The average Bonchev–Trinajstić information content (AvgIpc) is 2.79. The summed E-state index contributed by atoms with van der Waals surface area (Å²) in [5, 5.41) is 15.5. The molecule has 2 rings (SSSR count). The van der Waals surface area contributed by atoms with Crippen molar-refractivity contribution in [3.63, 3.8) is 0 Å². The number of aryl methyl sites for hydroxylation is 1. The number of hydrogen-bond acceptors (Lipinski definition) is 6. The summed E-state index contributed by atoms with van der Waals surface area (Å²) in [4.78, 5) is 18.9. The predicted octanol–water partition coefficient (Wildman–Crippen LogP) is 1.34. The number of nitrogens with zero attached hydrogens (tertiary/aromatic N) is 5. The first-order valence-corrected chi connectivity index (χ1v) is 6.36. The molecule has 0 aromatic carbocycles. The molecule has 2 aromatic heterocycles. The van der Waals surface area contributed by atoms with E-state index < -0.39 is 0 Å². The van der Waals surface area contributed by atoms with Crippen LogP contribution in [0.5, 0.6) is 0 Å². The topological polar surface area (TPSA) is 113 Å². The molecule has 0 aliphatic rings. The van der Waals surface area contributed by atoms with Gasteiger partial charge < -0.3 is 5.73 Å². The second-order valence-corrected chi connectivity index (χ2v) is 4.30. The first-order chi connectivity index (χ1) is 9.56. The molecule has 8 heteroatoms. The van der Waals surface area contributed by atoms with E-state index in [0.717, 1.165) is 0 Å². The van der Waals surface area contributed by atoms with Crippen LogP contribution in [0.4, 0.5) is 11.5 Å². The highest BCUT2D eigenvalue weighted by molar-refractivity contribution is 5.41. The number of anilines is 1. The Morgan fingerprint density at radius 3 is 2.55 bits per heavy atom. The van der Waals surface area contributed by atoms with Gasteiger partial charge in [0.1, 0.15) is 17.2 Å². The smallest absolute Gasteiger partial charge is 0.313 e. The first-order valence-electron chi connectivity index (χ1n) is 6.36. The number of nitro groups is 1. The summed E-state index contributed by atoms with van der Waals surface area (Å²) >= 11 is 0. The zero-order chi connectivity index (χ0) is 14.7. The summed E-state index contributed by atoms with van der Waals surface area (Å²) in [6.07, 6.45) is 4.06. The summed E-state index contributed by atoms with van der Waals surface area (Å²) in [5.74, 6) is 0.338. The van der Waals surface area contributed by atoms with Gasteiger partial charge in [-0.05, 0) is 12.8 Å². The molecule has 0 fully saturated rings. The first kappa shape index (κ1) is 13.9. The summed E-state index contributed by atoms with van der Waals surface area (Å²) in [5.41, 5.74) is 7.35. The van der Waals surface area contributed by atoms with E-state index in [-0.39, 0.29) is 10.6 Å². The molecule has 0 spiro atoms. The zero-order valence-electron chi connectivity index (χ0n) is 11.4. The van der Waals surface area contributed by atoms with Crippen LogP contribution in [0.1, 0.15) is 30.9 Å². The van der Waals surface area contributed by atoms with Gasteiger partial charge in [0, 0.05) is 0 Å². The molecule has 0 amide bonds. The zero-order valence-corrected chi connectivity index (χ0v) is 11.4. The molecule has 0 bridgehead atoms. The molecule has 2 heterocycles. The van der Waals surface area contributed by atoms with Crippen LogP contribution in [0.25, 0.3) is 0 Å². The molecule has 0 radical (unpaired) electrons. The van der Waals surface area contributed by atoms with E-state index >= 15 is 0 Å². The molecule has 20 heavy (non-hydrogen) atoms. The molecule has 0 atom stereocenters. The molecular formula is C12H16N6O2. The number of hydrogen-bond donors (Lipinski definition) is 1. The van der Waals surface area contributed by atoms with Crippen molar-refractivity contribution < 1.29 is 4.92 Å². The maximum absolute atomic E-state index is 11.2. The van der Waals surface area contributed by atoms with Crippen LogP contribution in [0, 0.1) is 10.1 Å². The van der Waals surface area contributed by atoms with Crippen LogP contribution < -0.4 is 5.73 Å². The van der Waals surface area contributed by atoms with Gasteiger partial charge in [0.15, 0.2) is 0 Å². The minimum Gasteiger partial charge on any atom is -0.382 e. The summed E-state index contributed by atoms with van der Waals surface area (Å²) in [6.45, 7) is 4.06. The quantitative estimate of drug-likeness (QED) is 0.651. The van der Waals surface area contributed by atoms with Crippen molar-refractivity contribution in [3.8, 4) is 0 Å². The second kappa shape index (κ2) is 5.64. The van der Waals surface area contributed by atoms with Crippen LogP contribution >= 0.6 is 0 Å². The van der Waals surface area contributed by atoms with Crippen molar-refractivity contribution >= 4 is 11.5 Å². The van der Waals surface area contributed by atoms with Crippen molar-refractivity contribution in [2.45, 2.75) is 33.2 Å². The molecule has 0 saturated heterocycles. The van der Waals surface area contributed by atoms with Crippen molar-refractivity contribution in [3.05, 3.63) is 39.6 Å². The fraction of sp³-hybridized carbons (Fsp3) is 0.417. The van der Waals surface area contributed by atoms with Gasteiger partial charge in [-0.1, -0.05) is 13.8 Å². The normalized spacial score (nSPS) is 10.7. The fourth-order valence-corrected chi connectivity index (χ4v) is 2.07. The molecule has 0 unspecified atom stereocenters. The molecule has 0 aliphatic heterocycles. The Labute approximate surface area is 115 Å². The standard InChI is InChI=1S/C12H16N6O2/c1-3-9-12(18(19)20)10(4-2)17(16-9)7-8-5-15-11(13)6-14-8/h5-6H,3-4,7H2,1-2H3,(H2,13,15). The molecule has 0 saturated carbocycles. The van der Waals surface area contributed by atoms with E-state index in [1.807, 2.05) is 13.8 Å². The van der Waals surface area contributed by atoms with E-state index in [1.165, 1.54) is 6.20 Å². The fourth-order valence-electron chi connectivity index (χ4n) is 2.07. The minimum absolute atomic E-state index is 0.110. The Hall–Kier alpha value is -2.51. The van der Waals surface area contributed by atoms with Gasteiger partial charge >= 0.3 is 5.69 Å². The van der Waals surface area contributed by atoms with Gasteiger partial charge in [0.25, 0.3) is 0 Å². The van der Waals surface area contributed by atoms with Gasteiger partial charge in [0.2, 0.25) is 0 Å². The van der Waals surface area contributed by atoms with Crippen molar-refractivity contribution in [2.75, 3.05) is 5.73 Å². The predicted molar refractivity (Wildman–Crippen MR) is 73.2 cm³/mol. The lowest BCUT2D eigenvalue weighted by Gasteiger charge is -2.04. The average molecular weight is 276 g/mol.